The summed E-state index contributed by atoms with van der Waals surface area (Å²) in [7, 11) is 0. The molecule has 0 fully saturated rings. The Bertz CT molecular complexity index is 162. The van der Waals surface area contributed by atoms with Crippen molar-refractivity contribution in [1.29, 1.82) is 0 Å². The molecule has 0 aliphatic rings. The molecule has 0 aromatic heterocycles. The Morgan fingerprint density at radius 1 is 1.22 bits per heavy atom. The molecule has 2 heteroatoms. The van der Waals surface area contributed by atoms with Crippen LogP contribution in [0.4, 0.5) is 0 Å². The first kappa shape index (κ1) is 6.66. The monoisotopic (exact) mass is 164 g/mol. The van der Waals surface area contributed by atoms with E-state index in [1.54, 1.807) is 0 Å². The number of benzene rings is 1. The molecule has 50 valence electrons. The molecule has 0 saturated heterocycles. The van der Waals surface area contributed by atoms with Gasteiger partial charge in [0.05, 0.1) is 0 Å². The molecule has 1 aromatic rings. The molecule has 0 bridgehead atoms. The molecule has 0 atom stereocenters. The molecular formula is C7H8FeO. The summed E-state index contributed by atoms with van der Waals surface area (Å²) in [5.74, 6) is 2.92. The average molecular weight is 164 g/mol. The van der Waals surface area contributed by atoms with E-state index < -0.39 is 0 Å². The summed E-state index contributed by atoms with van der Waals surface area (Å²) < 4.78 is 5.21. The van der Waals surface area contributed by atoms with E-state index in [0.29, 0.717) is 0 Å². The Hall–Kier alpha value is -0.461. The van der Waals surface area contributed by atoms with E-state index in [1.165, 1.54) is 0 Å². The van der Waals surface area contributed by atoms with Gasteiger partial charge in [-0.3, -0.25) is 0 Å². The molecule has 0 saturated carbocycles. The number of hydrogen-bond donors (Lipinski definition) is 0. The van der Waals surface area contributed by atoms with Crippen LogP contribution in [0.3, 0.4) is 0 Å². The van der Waals surface area contributed by atoms with E-state index in [2.05, 4.69) is 0 Å². The van der Waals surface area contributed by atoms with Gasteiger partial charge in [0.15, 0.2) is 0 Å². The SMILES string of the molecule is [CH3][Fe][O]c1ccccc1. The number of hydrogen-bond acceptors (Lipinski definition) is 1. The predicted octanol–water partition coefficient (Wildman–Crippen LogP) is 2.11. The van der Waals surface area contributed by atoms with Crippen LogP contribution in [0.15, 0.2) is 30.3 Å². The first-order chi connectivity index (χ1) is 4.43. The molecule has 0 aliphatic heterocycles. The van der Waals surface area contributed by atoms with Crippen molar-refractivity contribution in [3.8, 4) is 5.75 Å². The summed E-state index contributed by atoms with van der Waals surface area (Å²) in [5, 5.41) is 0. The second kappa shape index (κ2) is 3.54. The second-order valence-electron chi connectivity index (χ2n) is 1.53. The fourth-order valence-electron chi connectivity index (χ4n) is 0.552. The molecular weight excluding hydrogens is 156 g/mol. The average Bonchev–Trinajstić information content (AvgIpc) is 1.91. The van der Waals surface area contributed by atoms with E-state index in [0.717, 1.165) is 21.0 Å². The summed E-state index contributed by atoms with van der Waals surface area (Å²) in [5.41, 5.74) is 0. The molecule has 0 radical (unpaired) electrons. The number of para-hydroxylation sites is 1. The molecule has 0 unspecified atom stereocenters. The Balaban J connectivity index is 2.61. The summed E-state index contributed by atoms with van der Waals surface area (Å²) in [4.78, 5) is 0. The molecule has 1 rings (SSSR count). The summed E-state index contributed by atoms with van der Waals surface area (Å²) in [6.45, 7) is 0. The van der Waals surface area contributed by atoms with Gasteiger partial charge in [0.25, 0.3) is 0 Å². The zero-order valence-corrected chi connectivity index (χ0v) is 6.25. The summed E-state index contributed by atoms with van der Waals surface area (Å²) in [6.07, 6.45) is 0. The Kier molecular flexibility index (Phi) is 2.62. The van der Waals surface area contributed by atoms with Crippen molar-refractivity contribution in [2.45, 2.75) is 5.82 Å². The van der Waals surface area contributed by atoms with E-state index in [9.17, 15) is 0 Å². The van der Waals surface area contributed by atoms with Gasteiger partial charge in [0.1, 0.15) is 0 Å². The van der Waals surface area contributed by atoms with Gasteiger partial charge in [-0.1, -0.05) is 0 Å². The van der Waals surface area contributed by atoms with Crippen molar-refractivity contribution < 1.29 is 19.1 Å². The van der Waals surface area contributed by atoms with Crippen molar-refractivity contribution in [2.75, 3.05) is 0 Å². The molecule has 0 aliphatic carbocycles. The maximum atomic E-state index is 5.21. The van der Waals surface area contributed by atoms with Crippen molar-refractivity contribution in [2.24, 2.45) is 0 Å². The third-order valence-electron chi connectivity index (χ3n) is 0.899. The maximum absolute atomic E-state index is 5.21. The van der Waals surface area contributed by atoms with Gasteiger partial charge < -0.3 is 0 Å². The normalized spacial score (nSPS) is 9.44. The third-order valence-corrected chi connectivity index (χ3v) is 1.38. The van der Waals surface area contributed by atoms with Gasteiger partial charge in [-0.05, 0) is 0 Å². The van der Waals surface area contributed by atoms with Gasteiger partial charge in [-0.15, -0.1) is 0 Å². The topological polar surface area (TPSA) is 9.23 Å². The molecule has 0 N–H and O–H groups in total. The molecule has 0 heterocycles. The van der Waals surface area contributed by atoms with Crippen LogP contribution < -0.4 is 3.82 Å². The van der Waals surface area contributed by atoms with Gasteiger partial charge in [-0.25, -0.2) is 0 Å². The summed E-state index contributed by atoms with van der Waals surface area (Å²) >= 11 is 0.740. The van der Waals surface area contributed by atoms with Crippen LogP contribution in [0.2, 0.25) is 5.82 Å². The van der Waals surface area contributed by atoms with Gasteiger partial charge in [-0.2, -0.15) is 0 Å². The fraction of sp³-hybridized carbons (Fsp3) is 0.143. The van der Waals surface area contributed by atoms with Crippen LogP contribution in [-0.4, -0.2) is 0 Å². The molecule has 1 aromatic carbocycles. The van der Waals surface area contributed by atoms with Gasteiger partial charge >= 0.3 is 61.0 Å². The van der Waals surface area contributed by atoms with Crippen molar-refractivity contribution in [3.63, 3.8) is 0 Å². The van der Waals surface area contributed by atoms with Gasteiger partial charge in [0.2, 0.25) is 0 Å². The second-order valence-corrected chi connectivity index (χ2v) is 2.21. The van der Waals surface area contributed by atoms with Crippen LogP contribution in [0.1, 0.15) is 0 Å². The minimum absolute atomic E-state index is 0.740. The Morgan fingerprint density at radius 3 is 2.44 bits per heavy atom. The Morgan fingerprint density at radius 2 is 1.89 bits per heavy atom. The quantitative estimate of drug-likeness (QED) is 0.608. The van der Waals surface area contributed by atoms with Crippen LogP contribution in [0.5, 0.6) is 5.75 Å². The van der Waals surface area contributed by atoms with E-state index in [4.69, 9.17) is 3.82 Å². The zero-order valence-electron chi connectivity index (χ0n) is 5.15. The minimum atomic E-state index is 0.740. The van der Waals surface area contributed by atoms with Crippen molar-refractivity contribution >= 4 is 0 Å². The van der Waals surface area contributed by atoms with Crippen LogP contribution in [-0.2, 0) is 15.3 Å². The standard InChI is InChI=1S/C6H6O.CH3.Fe/c7-6-4-2-1-3-5-6;;/h1-5,7H;1H3;/q;;+1/p-1. The van der Waals surface area contributed by atoms with Crippen molar-refractivity contribution in [3.05, 3.63) is 30.3 Å². The van der Waals surface area contributed by atoms with E-state index >= 15 is 0 Å². The van der Waals surface area contributed by atoms with Crippen molar-refractivity contribution in [1.82, 2.24) is 0 Å². The van der Waals surface area contributed by atoms with E-state index in [1.807, 2.05) is 36.2 Å². The van der Waals surface area contributed by atoms with Crippen LogP contribution in [0, 0.1) is 0 Å². The molecule has 9 heavy (non-hydrogen) atoms. The van der Waals surface area contributed by atoms with E-state index in [-0.39, 0.29) is 0 Å². The Labute approximate surface area is 61.5 Å². The van der Waals surface area contributed by atoms with Crippen LogP contribution in [0.25, 0.3) is 0 Å². The predicted molar refractivity (Wildman–Crippen MR) is 32.9 cm³/mol. The summed E-state index contributed by atoms with van der Waals surface area (Å²) in [6, 6.07) is 9.80. The number of rotatable bonds is 2. The van der Waals surface area contributed by atoms with Crippen LogP contribution >= 0.6 is 0 Å². The fourth-order valence-corrected chi connectivity index (χ4v) is 0.962. The van der Waals surface area contributed by atoms with Gasteiger partial charge in [0, 0.05) is 0 Å². The molecule has 0 amide bonds. The third kappa shape index (κ3) is 2.08. The molecule has 1 nitrogen and oxygen atoms in total. The zero-order chi connectivity index (χ0) is 6.53. The first-order valence-corrected chi connectivity index (χ1v) is 4.17. The first-order valence-electron chi connectivity index (χ1n) is 2.61. The molecule has 0 spiro atoms.